The molecule has 2 heterocycles. The number of hydrogen-bond donors (Lipinski definition) is 2. The van der Waals surface area contributed by atoms with Gasteiger partial charge in [0, 0.05) is 30.5 Å². The lowest BCUT2D eigenvalue weighted by atomic mass is 10.1. The lowest BCUT2D eigenvalue weighted by Crippen LogP contribution is -2.17. The molecule has 0 saturated carbocycles. The van der Waals surface area contributed by atoms with Crippen LogP contribution in [0.3, 0.4) is 0 Å². The van der Waals surface area contributed by atoms with Crippen LogP contribution in [-0.2, 0) is 4.79 Å². The van der Waals surface area contributed by atoms with Gasteiger partial charge in [-0.05, 0) is 37.4 Å². The molecule has 1 fully saturated rings. The highest BCUT2D eigenvalue weighted by atomic mass is 16.5. The molecule has 25 heavy (non-hydrogen) atoms. The van der Waals surface area contributed by atoms with Crippen LogP contribution in [0.4, 0.5) is 0 Å². The summed E-state index contributed by atoms with van der Waals surface area (Å²) in [5.74, 6) is 0.471. The Balaban J connectivity index is 1.93. The molecule has 7 nitrogen and oxygen atoms in total. The van der Waals surface area contributed by atoms with E-state index in [1.165, 1.54) is 0 Å². The van der Waals surface area contributed by atoms with E-state index in [4.69, 9.17) is 15.2 Å². The van der Waals surface area contributed by atoms with Gasteiger partial charge in [-0.1, -0.05) is 0 Å². The number of carbonyl (C=O) groups is 2. The summed E-state index contributed by atoms with van der Waals surface area (Å²) < 4.78 is 11.6. The third-order valence-corrected chi connectivity index (χ3v) is 3.97. The number of nitrogens with zero attached hydrogens (tertiary/aromatic N) is 1. The second-order valence-electron chi connectivity index (χ2n) is 6.40. The summed E-state index contributed by atoms with van der Waals surface area (Å²) in [5, 5.41) is 4.31. The van der Waals surface area contributed by atoms with Crippen molar-refractivity contribution in [3.63, 3.8) is 0 Å². The van der Waals surface area contributed by atoms with E-state index in [9.17, 15) is 9.59 Å². The van der Waals surface area contributed by atoms with Crippen molar-refractivity contribution in [3.05, 3.63) is 30.0 Å². The van der Waals surface area contributed by atoms with Gasteiger partial charge in [-0.25, -0.2) is 4.98 Å². The fraction of sp³-hybridized carbons (Fsp3) is 0.389. The van der Waals surface area contributed by atoms with Crippen LogP contribution in [0.2, 0.25) is 0 Å². The van der Waals surface area contributed by atoms with Crippen LogP contribution in [0.25, 0.3) is 10.8 Å². The number of nitrogens with two attached hydrogens (primary N) is 1. The number of nitrogens with one attached hydrogen (secondary N) is 1. The lowest BCUT2D eigenvalue weighted by Gasteiger charge is -2.16. The third kappa shape index (κ3) is 3.81. The Bertz CT molecular complexity index is 819. The molecule has 1 aromatic heterocycles. The van der Waals surface area contributed by atoms with Crippen molar-refractivity contribution < 1.29 is 19.1 Å². The summed E-state index contributed by atoms with van der Waals surface area (Å²) >= 11 is 0. The second kappa shape index (κ2) is 6.96. The van der Waals surface area contributed by atoms with Gasteiger partial charge < -0.3 is 20.5 Å². The maximum atomic E-state index is 11.7. The Morgan fingerprint density at radius 3 is 2.88 bits per heavy atom. The van der Waals surface area contributed by atoms with Crippen molar-refractivity contribution in [2.45, 2.75) is 26.4 Å². The first kappa shape index (κ1) is 17.0. The van der Waals surface area contributed by atoms with Gasteiger partial charge in [0.15, 0.2) is 0 Å². The number of carbonyl (C=O) groups excluding carboxylic acids is 2. The fourth-order valence-electron chi connectivity index (χ4n) is 2.81. The number of ether oxygens (including phenoxy) is 2. The molecule has 3 rings (SSSR count). The Kier molecular flexibility index (Phi) is 4.74. The Hall–Kier alpha value is -2.83. The van der Waals surface area contributed by atoms with Crippen molar-refractivity contribution in [1.29, 1.82) is 0 Å². The molecule has 1 unspecified atom stereocenters. The van der Waals surface area contributed by atoms with E-state index in [2.05, 4.69) is 10.3 Å². The average molecular weight is 343 g/mol. The van der Waals surface area contributed by atoms with E-state index < -0.39 is 5.91 Å². The number of fused-ring (bicyclic) bond motifs is 1. The minimum atomic E-state index is -0.549. The van der Waals surface area contributed by atoms with E-state index in [0.29, 0.717) is 36.8 Å². The number of hydrogen-bond acceptors (Lipinski definition) is 5. The highest BCUT2D eigenvalue weighted by molar-refractivity contribution is 6.01. The van der Waals surface area contributed by atoms with E-state index in [1.807, 2.05) is 13.8 Å². The molecule has 3 N–H and O–H groups in total. The second-order valence-corrected chi connectivity index (χ2v) is 6.40. The predicted molar refractivity (Wildman–Crippen MR) is 92.6 cm³/mol. The molecule has 0 bridgehead atoms. The molecule has 1 aliphatic rings. The van der Waals surface area contributed by atoms with Crippen molar-refractivity contribution >= 4 is 22.6 Å². The van der Waals surface area contributed by atoms with Crippen molar-refractivity contribution in [2.24, 2.45) is 11.7 Å². The normalized spacial score (nSPS) is 16.9. The zero-order valence-corrected chi connectivity index (χ0v) is 14.2. The highest BCUT2D eigenvalue weighted by Crippen LogP contribution is 2.31. The summed E-state index contributed by atoms with van der Waals surface area (Å²) in [7, 11) is 0. The van der Waals surface area contributed by atoms with Crippen LogP contribution in [0.15, 0.2) is 24.4 Å². The molecule has 1 atom stereocenters. The maximum Gasteiger partial charge on any atom is 0.252 e. The molecule has 1 saturated heterocycles. The van der Waals surface area contributed by atoms with Gasteiger partial charge in [0.05, 0.1) is 18.3 Å². The van der Waals surface area contributed by atoms with E-state index in [0.717, 1.165) is 10.8 Å². The summed E-state index contributed by atoms with van der Waals surface area (Å²) in [6, 6.07) is 5.20. The first-order valence-electron chi connectivity index (χ1n) is 8.22. The number of primary amides is 1. The van der Waals surface area contributed by atoms with Crippen molar-refractivity contribution in [2.75, 3.05) is 13.2 Å². The van der Waals surface area contributed by atoms with Gasteiger partial charge in [0.25, 0.3) is 5.91 Å². The fourth-order valence-corrected chi connectivity index (χ4v) is 2.81. The highest BCUT2D eigenvalue weighted by Gasteiger charge is 2.22. The summed E-state index contributed by atoms with van der Waals surface area (Å²) in [6.07, 6.45) is 1.97. The molecule has 1 aliphatic heterocycles. The topological polar surface area (TPSA) is 104 Å². The quantitative estimate of drug-likeness (QED) is 0.830. The van der Waals surface area contributed by atoms with Crippen molar-refractivity contribution in [3.8, 4) is 11.6 Å². The molecule has 132 valence electrons. The Morgan fingerprint density at radius 2 is 2.24 bits per heavy atom. The first-order valence-corrected chi connectivity index (χ1v) is 8.22. The summed E-state index contributed by atoms with van der Waals surface area (Å²) in [6.45, 7) is 4.75. The van der Waals surface area contributed by atoms with Crippen LogP contribution in [0.5, 0.6) is 11.6 Å². The first-order chi connectivity index (χ1) is 11.9. The standard InChI is InChI=1S/C18H21N3O4/c1-10(2)25-15-7-13-12(6-14(15)17(19)23)3-4-20-18(13)24-9-11-5-16(22)21-8-11/h3-4,6-7,10-11H,5,8-9H2,1-2H3,(H2,19,23)(H,21,22). The zero-order chi connectivity index (χ0) is 18.0. The van der Waals surface area contributed by atoms with Crippen molar-refractivity contribution in [1.82, 2.24) is 10.3 Å². The lowest BCUT2D eigenvalue weighted by molar-refractivity contribution is -0.119. The van der Waals surface area contributed by atoms with Crippen LogP contribution >= 0.6 is 0 Å². The summed E-state index contributed by atoms with van der Waals surface area (Å²) in [4.78, 5) is 27.3. The third-order valence-electron chi connectivity index (χ3n) is 3.97. The smallest absolute Gasteiger partial charge is 0.252 e. The molecular weight excluding hydrogens is 322 g/mol. The maximum absolute atomic E-state index is 11.7. The van der Waals surface area contributed by atoms with Crippen LogP contribution in [-0.4, -0.2) is 36.1 Å². The SMILES string of the molecule is CC(C)Oc1cc2c(OCC3CNC(=O)C3)nccc2cc1C(N)=O. The number of rotatable bonds is 6. The van der Waals surface area contributed by atoms with Gasteiger partial charge >= 0.3 is 0 Å². The van der Waals surface area contributed by atoms with Gasteiger partial charge in [0.2, 0.25) is 11.8 Å². The number of benzene rings is 1. The molecular formula is C18H21N3O4. The predicted octanol–water partition coefficient (Wildman–Crippen LogP) is 1.64. The largest absolute Gasteiger partial charge is 0.490 e. The Labute approximate surface area is 145 Å². The van der Waals surface area contributed by atoms with Gasteiger partial charge in [-0.15, -0.1) is 0 Å². The van der Waals surface area contributed by atoms with Gasteiger partial charge in [0.1, 0.15) is 5.75 Å². The van der Waals surface area contributed by atoms with Gasteiger partial charge in [-0.3, -0.25) is 9.59 Å². The summed E-state index contributed by atoms with van der Waals surface area (Å²) in [5.41, 5.74) is 5.79. The molecule has 2 amide bonds. The van der Waals surface area contributed by atoms with Crippen LogP contribution < -0.4 is 20.5 Å². The van der Waals surface area contributed by atoms with E-state index >= 15 is 0 Å². The number of aromatic nitrogens is 1. The molecule has 7 heteroatoms. The average Bonchev–Trinajstić information content (AvgIpc) is 2.97. The molecule has 0 spiro atoms. The van der Waals surface area contributed by atoms with Crippen LogP contribution in [0, 0.1) is 5.92 Å². The van der Waals surface area contributed by atoms with E-state index in [1.54, 1.807) is 24.4 Å². The monoisotopic (exact) mass is 343 g/mol. The molecule has 0 radical (unpaired) electrons. The minimum absolute atomic E-state index is 0.0400. The molecule has 1 aromatic carbocycles. The molecule has 2 aromatic rings. The minimum Gasteiger partial charge on any atom is -0.490 e. The van der Waals surface area contributed by atoms with E-state index in [-0.39, 0.29) is 17.9 Å². The zero-order valence-electron chi connectivity index (χ0n) is 14.2. The molecule has 0 aliphatic carbocycles. The number of pyridine rings is 1. The Morgan fingerprint density at radius 1 is 1.44 bits per heavy atom. The van der Waals surface area contributed by atoms with Crippen LogP contribution in [0.1, 0.15) is 30.6 Å². The van der Waals surface area contributed by atoms with Gasteiger partial charge in [-0.2, -0.15) is 0 Å². The number of amides is 2.